The highest BCUT2D eigenvalue weighted by molar-refractivity contribution is 7.99. The van der Waals surface area contributed by atoms with Crippen LogP contribution in [-0.4, -0.2) is 70.7 Å². The van der Waals surface area contributed by atoms with Gasteiger partial charge in [0, 0.05) is 26.2 Å². The van der Waals surface area contributed by atoms with E-state index in [-0.39, 0.29) is 5.91 Å². The summed E-state index contributed by atoms with van der Waals surface area (Å²) in [7, 11) is 1.95. The van der Waals surface area contributed by atoms with Crippen LogP contribution in [0.25, 0.3) is 5.69 Å². The Morgan fingerprint density at radius 3 is 2.58 bits per heavy atom. The van der Waals surface area contributed by atoms with Crippen molar-refractivity contribution in [2.75, 3.05) is 44.0 Å². The lowest BCUT2D eigenvalue weighted by Crippen LogP contribution is -2.40. The van der Waals surface area contributed by atoms with Gasteiger partial charge in [0.25, 0.3) is 0 Å². The van der Waals surface area contributed by atoms with Crippen LogP contribution in [0.5, 0.6) is 0 Å². The van der Waals surface area contributed by atoms with Crippen LogP contribution in [0, 0.1) is 12.8 Å². The fraction of sp³-hybridized carbons (Fsp3) is 0.609. The number of amides is 1. The predicted molar refractivity (Wildman–Crippen MR) is 124 cm³/mol. The fourth-order valence-corrected chi connectivity index (χ4v) is 5.27. The van der Waals surface area contributed by atoms with Crippen LogP contribution in [0.3, 0.4) is 0 Å². The Balaban J connectivity index is 1.52. The van der Waals surface area contributed by atoms with Crippen molar-refractivity contribution in [1.29, 1.82) is 0 Å². The zero-order valence-corrected chi connectivity index (χ0v) is 19.6. The van der Waals surface area contributed by atoms with Crippen LogP contribution < -0.4 is 4.90 Å². The van der Waals surface area contributed by atoms with Crippen molar-refractivity contribution in [3.8, 4) is 5.69 Å². The van der Waals surface area contributed by atoms with Gasteiger partial charge in [0.2, 0.25) is 11.9 Å². The Labute approximate surface area is 189 Å². The molecule has 1 saturated carbocycles. The second-order valence-electron chi connectivity index (χ2n) is 8.71. The third-order valence-corrected chi connectivity index (χ3v) is 7.43. The van der Waals surface area contributed by atoms with E-state index in [1.54, 1.807) is 0 Å². The van der Waals surface area contributed by atoms with Crippen molar-refractivity contribution in [2.45, 2.75) is 50.7 Å². The van der Waals surface area contributed by atoms with Gasteiger partial charge in [0.1, 0.15) is 0 Å². The Hall–Kier alpha value is -2.06. The van der Waals surface area contributed by atoms with E-state index >= 15 is 0 Å². The topological polar surface area (TPSA) is 63.5 Å². The van der Waals surface area contributed by atoms with Crippen molar-refractivity contribution in [1.82, 2.24) is 19.7 Å². The van der Waals surface area contributed by atoms with Crippen LogP contribution in [0.4, 0.5) is 5.95 Å². The molecule has 0 spiro atoms. The lowest BCUT2D eigenvalue weighted by atomic mass is 9.87. The first kappa shape index (κ1) is 22.1. The lowest BCUT2D eigenvalue weighted by Gasteiger charge is -2.33. The molecule has 1 amide bonds. The van der Waals surface area contributed by atoms with E-state index in [1.165, 1.54) is 24.6 Å². The highest BCUT2D eigenvalue weighted by atomic mass is 32.2. The number of morpholine rings is 1. The number of aryl methyl sites for hydroxylation is 1. The largest absolute Gasteiger partial charge is 0.378 e. The second-order valence-corrected chi connectivity index (χ2v) is 9.65. The van der Waals surface area contributed by atoms with Gasteiger partial charge in [-0.05, 0) is 50.2 Å². The molecule has 0 unspecified atom stereocenters. The van der Waals surface area contributed by atoms with Gasteiger partial charge in [-0.1, -0.05) is 36.9 Å². The highest BCUT2D eigenvalue weighted by Gasteiger charge is 2.26. The van der Waals surface area contributed by atoms with Gasteiger partial charge in [-0.25, -0.2) is 0 Å². The summed E-state index contributed by atoms with van der Waals surface area (Å²) in [5.74, 6) is 2.13. The molecule has 2 aliphatic rings. The number of ether oxygens (including phenoxy) is 1. The molecule has 0 bridgehead atoms. The molecule has 1 aliphatic heterocycles. The number of rotatable bonds is 6. The van der Waals surface area contributed by atoms with Gasteiger partial charge in [-0.15, -0.1) is 10.2 Å². The number of anilines is 1. The molecule has 7 nitrogen and oxygen atoms in total. The molecule has 2 aromatic rings. The number of carbonyl (C=O) groups excluding carboxylic acids is 1. The SMILES string of the molecule is Cc1ccccc1-n1c(SCC(=O)N(C)C2CCC(C)CC2)nnc1N1CCOCC1. The number of hydrogen-bond donors (Lipinski definition) is 0. The van der Waals surface area contributed by atoms with E-state index in [4.69, 9.17) is 4.74 Å². The summed E-state index contributed by atoms with van der Waals surface area (Å²) in [6, 6.07) is 8.61. The number of thioether (sulfide) groups is 1. The molecule has 1 aromatic carbocycles. The van der Waals surface area contributed by atoms with E-state index in [2.05, 4.69) is 45.6 Å². The quantitative estimate of drug-likeness (QED) is 0.637. The van der Waals surface area contributed by atoms with E-state index in [9.17, 15) is 4.79 Å². The minimum atomic E-state index is 0.164. The first-order valence-electron chi connectivity index (χ1n) is 11.3. The molecule has 1 aromatic heterocycles. The number of para-hydroxylation sites is 1. The summed E-state index contributed by atoms with van der Waals surface area (Å²) < 4.78 is 7.61. The van der Waals surface area contributed by atoms with Crippen molar-refractivity contribution in [3.05, 3.63) is 29.8 Å². The Morgan fingerprint density at radius 2 is 1.87 bits per heavy atom. The van der Waals surface area contributed by atoms with Gasteiger partial charge in [0.05, 0.1) is 24.7 Å². The van der Waals surface area contributed by atoms with Crippen molar-refractivity contribution < 1.29 is 9.53 Å². The molecule has 168 valence electrons. The molecule has 1 saturated heterocycles. The summed E-state index contributed by atoms with van der Waals surface area (Å²) in [4.78, 5) is 17.1. The van der Waals surface area contributed by atoms with Crippen LogP contribution in [0.15, 0.2) is 29.4 Å². The second kappa shape index (κ2) is 10.0. The predicted octanol–water partition coefficient (Wildman–Crippen LogP) is 3.54. The maximum atomic E-state index is 12.9. The molecule has 1 aliphatic carbocycles. The number of nitrogens with zero attached hydrogens (tertiary/aromatic N) is 5. The number of aromatic nitrogens is 3. The third-order valence-electron chi connectivity index (χ3n) is 6.52. The van der Waals surface area contributed by atoms with Gasteiger partial charge in [0.15, 0.2) is 5.16 Å². The summed E-state index contributed by atoms with van der Waals surface area (Å²) in [6.45, 7) is 7.35. The molecule has 0 N–H and O–H groups in total. The molecule has 0 atom stereocenters. The molecule has 2 heterocycles. The van der Waals surface area contributed by atoms with Gasteiger partial charge >= 0.3 is 0 Å². The summed E-state index contributed by atoms with van der Waals surface area (Å²) in [5, 5.41) is 9.76. The molecule has 8 heteroatoms. The maximum absolute atomic E-state index is 12.9. The standard InChI is InChI=1S/C23H33N5O2S/c1-17-8-10-19(11-9-17)26(3)21(29)16-31-23-25-24-22(27-12-14-30-15-13-27)28(23)20-7-5-4-6-18(20)2/h4-7,17,19H,8-16H2,1-3H3. The zero-order chi connectivity index (χ0) is 21.8. The first-order valence-corrected chi connectivity index (χ1v) is 12.3. The smallest absolute Gasteiger partial charge is 0.233 e. The molecular weight excluding hydrogens is 410 g/mol. The zero-order valence-electron chi connectivity index (χ0n) is 18.8. The fourth-order valence-electron chi connectivity index (χ4n) is 4.41. The molecule has 0 radical (unpaired) electrons. The number of hydrogen-bond acceptors (Lipinski definition) is 6. The van der Waals surface area contributed by atoms with E-state index in [1.807, 2.05) is 24.1 Å². The Kier molecular flexibility index (Phi) is 7.17. The van der Waals surface area contributed by atoms with E-state index < -0.39 is 0 Å². The number of benzene rings is 1. The lowest BCUT2D eigenvalue weighted by molar-refractivity contribution is -0.129. The Bertz CT molecular complexity index is 888. The van der Waals surface area contributed by atoms with Crippen LogP contribution in [0.1, 0.15) is 38.2 Å². The van der Waals surface area contributed by atoms with E-state index in [0.717, 1.165) is 54.2 Å². The Morgan fingerprint density at radius 1 is 1.16 bits per heavy atom. The summed E-state index contributed by atoms with van der Waals surface area (Å²) >= 11 is 1.48. The summed E-state index contributed by atoms with van der Waals surface area (Å²) in [6.07, 6.45) is 4.63. The van der Waals surface area contributed by atoms with Crippen LogP contribution >= 0.6 is 11.8 Å². The molecule has 2 fully saturated rings. The normalized spacial score (nSPS) is 21.8. The van der Waals surface area contributed by atoms with Crippen molar-refractivity contribution in [2.24, 2.45) is 5.92 Å². The average molecular weight is 444 g/mol. The third kappa shape index (κ3) is 5.06. The molecular formula is C23H33N5O2S. The summed E-state index contributed by atoms with van der Waals surface area (Å²) in [5.41, 5.74) is 2.21. The van der Waals surface area contributed by atoms with E-state index in [0.29, 0.717) is 25.0 Å². The van der Waals surface area contributed by atoms with Crippen molar-refractivity contribution in [3.63, 3.8) is 0 Å². The minimum absolute atomic E-state index is 0.164. The monoisotopic (exact) mass is 443 g/mol. The molecule has 4 rings (SSSR count). The van der Waals surface area contributed by atoms with Gasteiger partial charge in [-0.3, -0.25) is 9.36 Å². The van der Waals surface area contributed by atoms with Crippen LogP contribution in [0.2, 0.25) is 0 Å². The van der Waals surface area contributed by atoms with Gasteiger partial charge in [-0.2, -0.15) is 0 Å². The maximum Gasteiger partial charge on any atom is 0.233 e. The first-order chi connectivity index (χ1) is 15.0. The highest BCUT2D eigenvalue weighted by Crippen LogP contribution is 2.30. The van der Waals surface area contributed by atoms with Crippen molar-refractivity contribution >= 4 is 23.6 Å². The van der Waals surface area contributed by atoms with Crippen LogP contribution in [-0.2, 0) is 9.53 Å². The minimum Gasteiger partial charge on any atom is -0.378 e. The van der Waals surface area contributed by atoms with Gasteiger partial charge < -0.3 is 14.5 Å². The number of carbonyl (C=O) groups is 1. The average Bonchev–Trinajstić information content (AvgIpc) is 3.22. The molecule has 31 heavy (non-hydrogen) atoms.